The van der Waals surface area contributed by atoms with E-state index in [0.717, 1.165) is 0 Å². The number of nitrogens with one attached hydrogen (secondary N) is 1. The van der Waals surface area contributed by atoms with Gasteiger partial charge in [0, 0.05) is 12.1 Å². The van der Waals surface area contributed by atoms with Gasteiger partial charge < -0.3 is 5.32 Å². The molecule has 21 heavy (non-hydrogen) atoms. The minimum atomic E-state index is -4.91. The van der Waals surface area contributed by atoms with Gasteiger partial charge in [-0.25, -0.2) is 4.39 Å². The summed E-state index contributed by atoms with van der Waals surface area (Å²) in [7, 11) is 0. The SMILES string of the molecule is Fc1c(Cl)cc(C(F)(F)F)cc1[C@@]1(C(F)(F)F)CCNC1. The third-order valence-corrected chi connectivity index (χ3v) is 3.84. The molecule has 118 valence electrons. The summed E-state index contributed by atoms with van der Waals surface area (Å²) in [6.07, 6.45) is -10.4. The van der Waals surface area contributed by atoms with E-state index in [1.54, 1.807) is 0 Å². The maximum absolute atomic E-state index is 14.0. The lowest BCUT2D eigenvalue weighted by Gasteiger charge is -2.32. The highest BCUT2D eigenvalue weighted by Crippen LogP contribution is 2.48. The summed E-state index contributed by atoms with van der Waals surface area (Å²) in [5.41, 5.74) is -5.18. The summed E-state index contributed by atoms with van der Waals surface area (Å²) in [5.74, 6) is -1.47. The van der Waals surface area contributed by atoms with E-state index in [9.17, 15) is 30.7 Å². The Morgan fingerprint density at radius 1 is 1.10 bits per heavy atom. The number of hydrogen-bond donors (Lipinski definition) is 1. The lowest BCUT2D eigenvalue weighted by molar-refractivity contribution is -0.186. The third-order valence-electron chi connectivity index (χ3n) is 3.57. The Hall–Kier alpha value is -1.02. The molecule has 1 atom stereocenters. The van der Waals surface area contributed by atoms with Gasteiger partial charge in [0.2, 0.25) is 0 Å². The second-order valence-corrected chi connectivity index (χ2v) is 5.23. The van der Waals surface area contributed by atoms with Gasteiger partial charge in [-0.15, -0.1) is 0 Å². The van der Waals surface area contributed by atoms with Crippen LogP contribution >= 0.6 is 11.6 Å². The van der Waals surface area contributed by atoms with Crippen molar-refractivity contribution in [2.45, 2.75) is 24.2 Å². The topological polar surface area (TPSA) is 12.0 Å². The Kier molecular flexibility index (Phi) is 3.90. The molecule has 0 saturated carbocycles. The molecule has 1 aromatic carbocycles. The van der Waals surface area contributed by atoms with Gasteiger partial charge in [-0.3, -0.25) is 0 Å². The van der Waals surface area contributed by atoms with E-state index < -0.39 is 52.7 Å². The van der Waals surface area contributed by atoms with Crippen LogP contribution in [-0.4, -0.2) is 19.3 Å². The van der Waals surface area contributed by atoms with Gasteiger partial charge in [0.05, 0.1) is 10.6 Å². The molecule has 1 nitrogen and oxygen atoms in total. The summed E-state index contributed by atoms with van der Waals surface area (Å²) in [4.78, 5) is 0. The number of hydrogen-bond acceptors (Lipinski definition) is 1. The largest absolute Gasteiger partial charge is 0.416 e. The zero-order valence-electron chi connectivity index (χ0n) is 10.3. The van der Waals surface area contributed by atoms with Gasteiger partial charge in [-0.2, -0.15) is 26.3 Å². The number of rotatable bonds is 1. The second-order valence-electron chi connectivity index (χ2n) is 4.82. The van der Waals surface area contributed by atoms with Crippen molar-refractivity contribution in [1.82, 2.24) is 5.32 Å². The monoisotopic (exact) mass is 335 g/mol. The van der Waals surface area contributed by atoms with E-state index >= 15 is 0 Å². The number of halogens is 8. The van der Waals surface area contributed by atoms with Crippen LogP contribution < -0.4 is 5.32 Å². The Morgan fingerprint density at radius 3 is 2.14 bits per heavy atom. The smallest absolute Gasteiger partial charge is 0.315 e. The Balaban J connectivity index is 2.69. The lowest BCUT2D eigenvalue weighted by atomic mass is 9.78. The highest BCUT2D eigenvalue weighted by molar-refractivity contribution is 6.30. The van der Waals surface area contributed by atoms with Crippen LogP contribution in [0.4, 0.5) is 30.7 Å². The maximum Gasteiger partial charge on any atom is 0.416 e. The molecule has 1 heterocycles. The molecule has 2 rings (SSSR count). The lowest BCUT2D eigenvalue weighted by Crippen LogP contribution is -2.45. The molecule has 1 aromatic rings. The van der Waals surface area contributed by atoms with E-state index in [4.69, 9.17) is 11.6 Å². The van der Waals surface area contributed by atoms with Gasteiger partial charge >= 0.3 is 12.4 Å². The molecule has 0 unspecified atom stereocenters. The van der Waals surface area contributed by atoms with Crippen molar-refractivity contribution in [3.8, 4) is 0 Å². The first-order valence-electron chi connectivity index (χ1n) is 5.83. The summed E-state index contributed by atoms with van der Waals surface area (Å²) in [6.45, 7) is -0.766. The Bertz CT molecular complexity index is 544. The average Bonchev–Trinajstić information content (AvgIpc) is 2.80. The summed E-state index contributed by atoms with van der Waals surface area (Å²) < 4.78 is 92.0. The highest BCUT2D eigenvalue weighted by atomic mass is 35.5. The molecule has 1 aliphatic heterocycles. The van der Waals surface area contributed by atoms with Crippen LogP contribution in [0.3, 0.4) is 0 Å². The van der Waals surface area contributed by atoms with Gasteiger partial charge in [0.25, 0.3) is 0 Å². The van der Waals surface area contributed by atoms with Crippen molar-refractivity contribution in [3.05, 3.63) is 34.1 Å². The van der Waals surface area contributed by atoms with E-state index in [2.05, 4.69) is 5.32 Å². The quantitative estimate of drug-likeness (QED) is 0.755. The number of alkyl halides is 6. The first-order chi connectivity index (χ1) is 9.49. The van der Waals surface area contributed by atoms with Crippen molar-refractivity contribution in [1.29, 1.82) is 0 Å². The minimum absolute atomic E-state index is 0.0766. The zero-order chi connectivity index (χ0) is 16.1. The zero-order valence-corrected chi connectivity index (χ0v) is 11.1. The summed E-state index contributed by atoms with van der Waals surface area (Å²) in [5, 5.41) is 1.44. The van der Waals surface area contributed by atoms with E-state index in [0.29, 0.717) is 0 Å². The normalized spacial score (nSPS) is 23.6. The van der Waals surface area contributed by atoms with Crippen molar-refractivity contribution < 1.29 is 30.7 Å². The van der Waals surface area contributed by atoms with Crippen molar-refractivity contribution in [3.63, 3.8) is 0 Å². The van der Waals surface area contributed by atoms with Gasteiger partial charge in [0.15, 0.2) is 0 Å². The van der Waals surface area contributed by atoms with Crippen LogP contribution in [0.25, 0.3) is 0 Å². The van der Waals surface area contributed by atoms with Crippen LogP contribution in [0.1, 0.15) is 17.5 Å². The molecule has 1 fully saturated rings. The number of benzene rings is 1. The first-order valence-corrected chi connectivity index (χ1v) is 6.21. The molecule has 0 aliphatic carbocycles. The molecule has 0 radical (unpaired) electrons. The second kappa shape index (κ2) is 5.01. The molecule has 1 aliphatic rings. The molecular weight excluding hydrogens is 327 g/mol. The third kappa shape index (κ3) is 2.70. The van der Waals surface area contributed by atoms with Crippen LogP contribution in [-0.2, 0) is 11.6 Å². The molecular formula is C12H9ClF7N. The van der Waals surface area contributed by atoms with Crippen LogP contribution in [0.5, 0.6) is 0 Å². The summed E-state index contributed by atoms with van der Waals surface area (Å²) in [6, 6.07) is 0.481. The van der Waals surface area contributed by atoms with Gasteiger partial charge in [-0.05, 0) is 25.1 Å². The molecule has 1 N–H and O–H groups in total. The highest BCUT2D eigenvalue weighted by Gasteiger charge is 2.58. The molecule has 9 heteroatoms. The molecule has 0 spiro atoms. The minimum Gasteiger partial charge on any atom is -0.315 e. The van der Waals surface area contributed by atoms with Crippen molar-refractivity contribution >= 4 is 11.6 Å². The summed E-state index contributed by atoms with van der Waals surface area (Å²) >= 11 is 5.35. The van der Waals surface area contributed by atoms with Gasteiger partial charge in [-0.1, -0.05) is 11.6 Å². The van der Waals surface area contributed by atoms with E-state index in [-0.39, 0.29) is 18.7 Å². The fourth-order valence-corrected chi connectivity index (χ4v) is 2.64. The van der Waals surface area contributed by atoms with E-state index in [1.807, 2.05) is 0 Å². The van der Waals surface area contributed by atoms with Crippen molar-refractivity contribution in [2.24, 2.45) is 0 Å². The van der Waals surface area contributed by atoms with E-state index in [1.165, 1.54) is 0 Å². The predicted octanol–water partition coefficient (Wildman–Crippen LogP) is 4.29. The molecule has 0 bridgehead atoms. The predicted molar refractivity (Wildman–Crippen MR) is 61.6 cm³/mol. The van der Waals surface area contributed by atoms with Crippen LogP contribution in [0, 0.1) is 5.82 Å². The van der Waals surface area contributed by atoms with Crippen molar-refractivity contribution in [2.75, 3.05) is 13.1 Å². The van der Waals surface area contributed by atoms with Gasteiger partial charge in [0.1, 0.15) is 11.2 Å². The first kappa shape index (κ1) is 16.4. The Morgan fingerprint density at radius 2 is 1.71 bits per heavy atom. The molecule has 0 amide bonds. The molecule has 1 saturated heterocycles. The fourth-order valence-electron chi connectivity index (χ4n) is 2.42. The van der Waals surface area contributed by atoms with Crippen LogP contribution in [0.15, 0.2) is 12.1 Å². The maximum atomic E-state index is 14.0. The Labute approximate surface area is 120 Å². The standard InChI is InChI=1S/C12H9ClF7N/c13-8-4-6(11(15,16)17)3-7(9(8)14)10(12(18,19)20)1-2-21-5-10/h3-4,21H,1-2,5H2/t10-/m1/s1. The fraction of sp³-hybridized carbons (Fsp3) is 0.500. The average molecular weight is 336 g/mol. The van der Waals surface area contributed by atoms with Crippen LogP contribution in [0.2, 0.25) is 5.02 Å². The molecule has 0 aromatic heterocycles.